The first-order chi connectivity index (χ1) is 26.7. The third kappa shape index (κ3) is 8.10. The Balaban J connectivity index is 1.16. The van der Waals surface area contributed by atoms with Crippen molar-refractivity contribution < 1.29 is 53.2 Å². The maximum Gasteiger partial charge on any atom is 0.415 e. The zero-order valence-corrected chi connectivity index (χ0v) is 31.7. The molecule has 3 aliphatic heterocycles. The zero-order chi connectivity index (χ0) is 40.3. The number of ether oxygens (including phenoxy) is 3. The predicted molar refractivity (Wildman–Crippen MR) is 199 cm³/mol. The third-order valence-corrected chi connectivity index (χ3v) is 12.1. The van der Waals surface area contributed by atoms with Gasteiger partial charge in [-0.1, -0.05) is 6.07 Å². The van der Waals surface area contributed by atoms with Gasteiger partial charge in [0.25, 0.3) is 0 Å². The van der Waals surface area contributed by atoms with E-state index in [-0.39, 0.29) is 57.2 Å². The second-order valence-corrected chi connectivity index (χ2v) is 15.4. The van der Waals surface area contributed by atoms with Gasteiger partial charge in [-0.3, -0.25) is 29.0 Å². The number of amides is 3. The lowest BCUT2D eigenvalue weighted by Crippen LogP contribution is -2.63. The summed E-state index contributed by atoms with van der Waals surface area (Å²) < 4.78 is 18.7. The summed E-state index contributed by atoms with van der Waals surface area (Å²) >= 11 is 0. The van der Waals surface area contributed by atoms with Gasteiger partial charge in [0.2, 0.25) is 11.8 Å². The Morgan fingerprint density at radius 2 is 1.91 bits per heavy atom. The molecule has 56 heavy (non-hydrogen) atoms. The molecular formula is C38H51N7O11. The molecule has 3 amide bonds. The summed E-state index contributed by atoms with van der Waals surface area (Å²) in [4.78, 5) is 83.0. The molecule has 18 nitrogen and oxygen atoms in total. The fourth-order valence-electron chi connectivity index (χ4n) is 9.41. The summed E-state index contributed by atoms with van der Waals surface area (Å²) in [6.07, 6.45) is 2.76. The molecule has 0 aromatic heterocycles. The van der Waals surface area contributed by atoms with Crippen molar-refractivity contribution in [1.82, 2.24) is 20.4 Å². The molecular weight excluding hydrogens is 730 g/mol. The summed E-state index contributed by atoms with van der Waals surface area (Å²) in [6, 6.07) is 3.57. The molecule has 0 saturated carbocycles. The number of nitrogens with zero attached hydrogens (tertiary/aromatic N) is 3. The second-order valence-electron chi connectivity index (χ2n) is 15.4. The number of ketones is 1. The molecule has 1 aromatic carbocycles. The number of rotatable bonds is 16. The Hall–Kier alpha value is -5.39. The zero-order valence-electron chi connectivity index (χ0n) is 31.7. The first-order valence-corrected chi connectivity index (χ1v) is 19.0. The number of hydrogen-bond acceptors (Lipinski definition) is 11. The Labute approximate surface area is 323 Å². The molecule has 2 fully saturated rings. The number of hydrogen-bond donors (Lipinski definition) is 6. The number of aliphatic imine (C=N–C) groups is 1. The molecule has 1 aromatic rings. The van der Waals surface area contributed by atoms with Gasteiger partial charge in [0.1, 0.15) is 12.2 Å². The summed E-state index contributed by atoms with van der Waals surface area (Å²) in [6.45, 7) is 0.535. The van der Waals surface area contributed by atoms with E-state index in [9.17, 15) is 33.9 Å². The van der Waals surface area contributed by atoms with E-state index in [4.69, 9.17) is 30.8 Å². The molecule has 3 heterocycles. The van der Waals surface area contributed by atoms with Crippen molar-refractivity contribution in [3.8, 4) is 11.5 Å². The van der Waals surface area contributed by atoms with Crippen LogP contribution >= 0.6 is 0 Å². The first kappa shape index (κ1) is 40.3. The number of likely N-dealkylation sites (N-methyl/N-ethyl adjacent to an activating group) is 1. The molecule has 0 radical (unpaired) electrons. The van der Waals surface area contributed by atoms with Crippen LogP contribution in [0.25, 0.3) is 0 Å². The van der Waals surface area contributed by atoms with Crippen LogP contribution in [0.3, 0.4) is 0 Å². The normalized spacial score (nSPS) is 26.4. The Morgan fingerprint density at radius 1 is 1.12 bits per heavy atom. The minimum Gasteiger partial charge on any atom is -0.493 e. The number of aliphatic carboxylic acids is 2. The van der Waals surface area contributed by atoms with Gasteiger partial charge in [0, 0.05) is 49.0 Å². The largest absolute Gasteiger partial charge is 0.493 e. The molecule has 7 atom stereocenters. The van der Waals surface area contributed by atoms with Gasteiger partial charge in [-0.2, -0.15) is 0 Å². The Kier molecular flexibility index (Phi) is 12.1. The summed E-state index contributed by atoms with van der Waals surface area (Å²) in [5, 5.41) is 23.8. The highest BCUT2D eigenvalue weighted by Crippen LogP contribution is 2.63. The smallest absolute Gasteiger partial charge is 0.415 e. The minimum absolute atomic E-state index is 0.0550. The van der Waals surface area contributed by atoms with E-state index in [0.717, 1.165) is 24.9 Å². The van der Waals surface area contributed by atoms with Gasteiger partial charge in [0.15, 0.2) is 29.3 Å². The Morgan fingerprint density at radius 3 is 2.62 bits per heavy atom. The maximum absolute atomic E-state index is 14.1. The van der Waals surface area contributed by atoms with Crippen LogP contribution in [-0.4, -0.2) is 127 Å². The number of methoxy groups -OCH3 is 1. The lowest BCUT2D eigenvalue weighted by atomic mass is 9.53. The van der Waals surface area contributed by atoms with E-state index in [1.165, 1.54) is 10.5 Å². The highest BCUT2D eigenvalue weighted by Gasteiger charge is 2.65. The molecule has 8 N–H and O–H groups in total. The van der Waals surface area contributed by atoms with Crippen LogP contribution < -0.4 is 31.6 Å². The molecule has 2 aliphatic carbocycles. The predicted octanol–water partition coefficient (Wildman–Crippen LogP) is 0.496. The lowest BCUT2D eigenvalue weighted by Gasteiger charge is -2.56. The maximum atomic E-state index is 14.1. The number of carboxylic acid groups (broad SMARTS) is 2. The number of carboxylic acids is 2. The molecule has 18 heteroatoms. The number of carbonyl (C=O) groups is 6. The van der Waals surface area contributed by atoms with E-state index in [1.807, 2.05) is 12.1 Å². The highest BCUT2D eigenvalue weighted by molar-refractivity contribution is 5.96. The summed E-state index contributed by atoms with van der Waals surface area (Å²) in [7, 11) is 3.75. The fraction of sp³-hybridized carbons (Fsp3) is 0.605. The Bertz CT molecular complexity index is 1810. The van der Waals surface area contributed by atoms with Crippen molar-refractivity contribution in [2.45, 2.75) is 81.4 Å². The van der Waals surface area contributed by atoms with Crippen LogP contribution in [0.2, 0.25) is 0 Å². The molecule has 2 bridgehead atoms. The van der Waals surface area contributed by atoms with E-state index < -0.39 is 78.0 Å². The first-order valence-electron chi connectivity index (χ1n) is 19.0. The minimum atomic E-state index is -1.35. The number of carbonyl (C=O) groups excluding carboxylic acids is 4. The fourth-order valence-corrected chi connectivity index (χ4v) is 9.41. The number of allylic oxidation sites excluding steroid dienone is 1. The number of benzene rings is 1. The average Bonchev–Trinajstić information content (AvgIpc) is 3.51. The van der Waals surface area contributed by atoms with Crippen LogP contribution in [0.4, 0.5) is 4.79 Å². The average molecular weight is 782 g/mol. The summed E-state index contributed by atoms with van der Waals surface area (Å²) in [5.41, 5.74) is 12.8. The second kappa shape index (κ2) is 16.8. The van der Waals surface area contributed by atoms with Gasteiger partial charge in [-0.25, -0.2) is 4.79 Å². The van der Waals surface area contributed by atoms with Crippen molar-refractivity contribution in [1.29, 1.82) is 0 Å². The van der Waals surface area contributed by atoms with E-state index in [0.29, 0.717) is 36.1 Å². The molecule has 5 aliphatic rings. The number of guanidine groups is 1. The van der Waals surface area contributed by atoms with Crippen molar-refractivity contribution in [3.63, 3.8) is 0 Å². The van der Waals surface area contributed by atoms with Gasteiger partial charge >= 0.3 is 18.0 Å². The molecule has 6 rings (SSSR count). The van der Waals surface area contributed by atoms with Gasteiger partial charge < -0.3 is 56.3 Å². The van der Waals surface area contributed by atoms with Gasteiger partial charge in [-0.05, 0) is 82.2 Å². The number of nitrogens with one attached hydrogen (secondary N) is 2. The number of likely N-dealkylation sites (tertiary alicyclic amines) is 2. The number of piperidine rings is 2. The topological polar surface area (TPSA) is 266 Å². The van der Waals surface area contributed by atoms with E-state index >= 15 is 0 Å². The number of nitrogens with two attached hydrogens (primary N) is 2. The molecule has 1 spiro atoms. The standard InChI is InChI=1S/C38H51N7O11/c1-44-13-10-38-25-6-8-28(33(38)56-32-27(54-2)7-5-20(31(32)38)16-26(25)44)55-37(53)45-12-9-22(35(51)52)14-23(45)18-43-34(50)21(4-3-11-41-36(39)40)15-24(46)19-42-29(47)17-30(48)49/h5,7-8,21-23,25-26,33H,3-4,6,9-19H2,1-2H3,(H,42,47)(H,43,50)(H,48,49)(H,51,52)(H4,39,40,41)/t21-,22?,23?,25+,26-,33+,38+/m1/s1. The van der Waals surface area contributed by atoms with Crippen LogP contribution in [0, 0.1) is 17.8 Å². The van der Waals surface area contributed by atoms with E-state index in [2.05, 4.69) is 33.6 Å². The quantitative estimate of drug-likeness (QED) is 0.0578. The third-order valence-electron chi connectivity index (χ3n) is 12.1. The molecule has 304 valence electrons. The SMILES string of the molecule is COc1ccc2c3c1O[C@H]1C(OC(=O)N4CCC(C(=O)O)CC4CNC(=O)[C@H](CCCN=C(N)N)CC(=O)CNC(=O)CC(=O)O)=CC[C@H]4[C@@H](C2)N(C)CC[C@]314. The van der Waals surface area contributed by atoms with Crippen LogP contribution in [0.15, 0.2) is 29.0 Å². The molecule has 2 saturated heterocycles. The van der Waals surface area contributed by atoms with Crippen LogP contribution in [-0.2, 0) is 40.5 Å². The monoisotopic (exact) mass is 781 g/mol. The highest BCUT2D eigenvalue weighted by atomic mass is 16.6. The van der Waals surface area contributed by atoms with Crippen molar-refractivity contribution >= 4 is 41.6 Å². The summed E-state index contributed by atoms with van der Waals surface area (Å²) in [5.74, 6) is -4.07. The van der Waals surface area contributed by atoms with Gasteiger partial charge in [0.05, 0.1) is 25.6 Å². The van der Waals surface area contributed by atoms with E-state index in [1.54, 1.807) is 7.11 Å². The van der Waals surface area contributed by atoms with Crippen molar-refractivity contribution in [3.05, 3.63) is 35.1 Å². The lowest BCUT2D eigenvalue weighted by molar-refractivity contribution is -0.144. The van der Waals surface area contributed by atoms with Crippen LogP contribution in [0.5, 0.6) is 11.5 Å². The number of Topliss-reactive ketones (excluding diaryl/α,β-unsaturated/α-hetero) is 1. The van der Waals surface area contributed by atoms with Crippen LogP contribution in [0.1, 0.15) is 62.5 Å². The van der Waals surface area contributed by atoms with Crippen molar-refractivity contribution in [2.75, 3.05) is 46.9 Å². The molecule has 2 unspecified atom stereocenters. The van der Waals surface area contributed by atoms with Crippen molar-refractivity contribution in [2.24, 2.45) is 34.2 Å². The van der Waals surface area contributed by atoms with Gasteiger partial charge in [-0.15, -0.1) is 0 Å².